The second kappa shape index (κ2) is 4.37. The maximum atomic E-state index is 6.44. The lowest BCUT2D eigenvalue weighted by atomic mass is 10.0. The molecule has 0 radical (unpaired) electrons. The van der Waals surface area contributed by atoms with Gasteiger partial charge in [0, 0.05) is 18.0 Å². The van der Waals surface area contributed by atoms with Crippen molar-refractivity contribution >= 4 is 5.82 Å². The summed E-state index contributed by atoms with van der Waals surface area (Å²) in [5.74, 6) is 2.74. The van der Waals surface area contributed by atoms with Gasteiger partial charge in [-0.3, -0.25) is 0 Å². The Balaban J connectivity index is 1.86. The molecule has 3 heteroatoms. The van der Waals surface area contributed by atoms with E-state index in [9.17, 15) is 0 Å². The molecule has 20 heavy (non-hydrogen) atoms. The summed E-state index contributed by atoms with van der Waals surface area (Å²) < 4.78 is 2.28. The van der Waals surface area contributed by atoms with Gasteiger partial charge in [0.05, 0.1) is 0 Å². The van der Waals surface area contributed by atoms with Crippen LogP contribution in [0.4, 0.5) is 5.82 Å². The van der Waals surface area contributed by atoms with E-state index in [-0.39, 0.29) is 0 Å². The van der Waals surface area contributed by atoms with Gasteiger partial charge in [-0.1, -0.05) is 31.2 Å². The van der Waals surface area contributed by atoms with Crippen molar-refractivity contribution in [3.63, 3.8) is 0 Å². The lowest BCUT2D eigenvalue weighted by molar-refractivity contribution is 0.696. The highest BCUT2D eigenvalue weighted by Gasteiger charge is 2.31. The van der Waals surface area contributed by atoms with Gasteiger partial charge < -0.3 is 10.3 Å². The number of aromatic nitrogens is 2. The molecule has 2 saturated carbocycles. The van der Waals surface area contributed by atoms with Crippen LogP contribution >= 0.6 is 0 Å². The standard InChI is InChI=1S/C17H21N3/c1-2-15-19-16(17(18)20(15)12-9-10-12)14-6-4-3-5-13(14)11-7-8-11/h3-6,11-12H,2,7-10,18H2,1H3. The first-order valence-electron chi connectivity index (χ1n) is 7.75. The normalized spacial score (nSPS) is 18.4. The van der Waals surface area contributed by atoms with Crippen LogP contribution in [0.2, 0.25) is 0 Å². The Morgan fingerprint density at radius 1 is 1.20 bits per heavy atom. The van der Waals surface area contributed by atoms with E-state index in [0.717, 1.165) is 29.7 Å². The molecule has 3 nitrogen and oxygen atoms in total. The summed E-state index contributed by atoms with van der Waals surface area (Å²) in [5.41, 5.74) is 10.1. The lowest BCUT2D eigenvalue weighted by Crippen LogP contribution is -2.04. The highest BCUT2D eigenvalue weighted by atomic mass is 15.2. The van der Waals surface area contributed by atoms with Gasteiger partial charge in [0.2, 0.25) is 0 Å². The second-order valence-electron chi connectivity index (χ2n) is 6.08. The quantitative estimate of drug-likeness (QED) is 0.912. The summed E-state index contributed by atoms with van der Waals surface area (Å²) in [7, 11) is 0. The van der Waals surface area contributed by atoms with Gasteiger partial charge in [-0.2, -0.15) is 0 Å². The second-order valence-corrected chi connectivity index (χ2v) is 6.08. The van der Waals surface area contributed by atoms with E-state index in [2.05, 4.69) is 35.8 Å². The van der Waals surface area contributed by atoms with Gasteiger partial charge in [-0.25, -0.2) is 4.98 Å². The molecule has 1 aromatic carbocycles. The summed E-state index contributed by atoms with van der Waals surface area (Å²) in [6, 6.07) is 9.25. The number of hydrogen-bond donors (Lipinski definition) is 1. The Morgan fingerprint density at radius 3 is 2.60 bits per heavy atom. The van der Waals surface area contributed by atoms with E-state index in [1.54, 1.807) is 0 Å². The smallest absolute Gasteiger partial charge is 0.132 e. The van der Waals surface area contributed by atoms with E-state index >= 15 is 0 Å². The van der Waals surface area contributed by atoms with Gasteiger partial charge in [-0.15, -0.1) is 0 Å². The molecule has 2 N–H and O–H groups in total. The van der Waals surface area contributed by atoms with Crippen LogP contribution in [0, 0.1) is 0 Å². The molecule has 0 spiro atoms. The minimum absolute atomic E-state index is 0.597. The van der Waals surface area contributed by atoms with Crippen molar-refractivity contribution in [2.24, 2.45) is 0 Å². The molecule has 0 atom stereocenters. The van der Waals surface area contributed by atoms with Crippen molar-refractivity contribution in [2.45, 2.75) is 51.0 Å². The molecule has 2 aliphatic rings. The van der Waals surface area contributed by atoms with Crippen molar-refractivity contribution in [3.05, 3.63) is 35.7 Å². The Hall–Kier alpha value is -1.77. The fourth-order valence-electron chi connectivity index (χ4n) is 3.14. The van der Waals surface area contributed by atoms with Crippen molar-refractivity contribution in [1.82, 2.24) is 9.55 Å². The van der Waals surface area contributed by atoms with Crippen LogP contribution in [0.1, 0.15) is 56.0 Å². The number of nitrogens with zero attached hydrogens (tertiary/aromatic N) is 2. The molecule has 0 amide bonds. The molecule has 2 fully saturated rings. The first-order valence-corrected chi connectivity index (χ1v) is 7.75. The molecule has 0 unspecified atom stereocenters. The fourth-order valence-corrected chi connectivity index (χ4v) is 3.14. The average molecular weight is 267 g/mol. The number of benzene rings is 1. The minimum Gasteiger partial charge on any atom is -0.383 e. The van der Waals surface area contributed by atoms with Gasteiger partial charge in [0.15, 0.2) is 0 Å². The van der Waals surface area contributed by atoms with Crippen LogP contribution in [0.15, 0.2) is 24.3 Å². The molecule has 1 aromatic heterocycles. The predicted octanol–water partition coefficient (Wildman–Crippen LogP) is 3.91. The molecular weight excluding hydrogens is 246 g/mol. The maximum Gasteiger partial charge on any atom is 0.132 e. The SMILES string of the molecule is CCc1nc(-c2ccccc2C2CC2)c(N)n1C1CC1. The van der Waals surface area contributed by atoms with Gasteiger partial charge in [0.1, 0.15) is 17.3 Å². The molecular formula is C17H21N3. The summed E-state index contributed by atoms with van der Waals surface area (Å²) in [6.07, 6.45) is 6.06. The lowest BCUT2D eigenvalue weighted by Gasteiger charge is -2.08. The molecule has 104 valence electrons. The number of hydrogen-bond acceptors (Lipinski definition) is 2. The Labute approximate surface area is 119 Å². The molecule has 0 bridgehead atoms. The molecule has 1 heterocycles. The average Bonchev–Trinajstić information content (AvgIpc) is 3.36. The predicted molar refractivity (Wildman–Crippen MR) is 81.7 cm³/mol. The van der Waals surface area contributed by atoms with E-state index < -0.39 is 0 Å². The van der Waals surface area contributed by atoms with Crippen LogP contribution < -0.4 is 5.73 Å². The van der Waals surface area contributed by atoms with Crippen molar-refractivity contribution in [2.75, 3.05) is 5.73 Å². The Bertz CT molecular complexity index is 648. The number of anilines is 1. The van der Waals surface area contributed by atoms with E-state index in [1.165, 1.54) is 36.8 Å². The zero-order valence-electron chi connectivity index (χ0n) is 12.0. The highest BCUT2D eigenvalue weighted by molar-refractivity contribution is 5.75. The number of nitrogen functional groups attached to an aromatic ring is 1. The van der Waals surface area contributed by atoms with Crippen molar-refractivity contribution in [1.29, 1.82) is 0 Å². The molecule has 4 rings (SSSR count). The maximum absolute atomic E-state index is 6.44. The van der Waals surface area contributed by atoms with Gasteiger partial charge in [-0.05, 0) is 37.2 Å². The Morgan fingerprint density at radius 2 is 1.95 bits per heavy atom. The zero-order valence-corrected chi connectivity index (χ0v) is 12.0. The zero-order chi connectivity index (χ0) is 13.7. The summed E-state index contributed by atoms with van der Waals surface area (Å²) in [5, 5.41) is 0. The topological polar surface area (TPSA) is 43.8 Å². The molecule has 2 aromatic rings. The Kier molecular flexibility index (Phi) is 2.62. The largest absolute Gasteiger partial charge is 0.383 e. The van der Waals surface area contributed by atoms with Crippen LogP contribution in [0.25, 0.3) is 11.3 Å². The van der Waals surface area contributed by atoms with E-state index in [0.29, 0.717) is 6.04 Å². The third kappa shape index (κ3) is 1.84. The fraction of sp³-hybridized carbons (Fsp3) is 0.471. The number of rotatable bonds is 4. The van der Waals surface area contributed by atoms with Crippen LogP contribution in [-0.4, -0.2) is 9.55 Å². The summed E-state index contributed by atoms with van der Waals surface area (Å²) in [6.45, 7) is 2.16. The van der Waals surface area contributed by atoms with Crippen LogP contribution in [0.3, 0.4) is 0 Å². The molecule has 0 aliphatic heterocycles. The van der Waals surface area contributed by atoms with Crippen LogP contribution in [-0.2, 0) is 6.42 Å². The first kappa shape index (κ1) is 12.0. The summed E-state index contributed by atoms with van der Waals surface area (Å²) in [4.78, 5) is 4.87. The monoisotopic (exact) mass is 267 g/mol. The van der Waals surface area contributed by atoms with Crippen molar-refractivity contribution < 1.29 is 0 Å². The number of nitrogens with two attached hydrogens (primary N) is 1. The van der Waals surface area contributed by atoms with Crippen molar-refractivity contribution in [3.8, 4) is 11.3 Å². The third-order valence-electron chi connectivity index (χ3n) is 4.48. The summed E-state index contributed by atoms with van der Waals surface area (Å²) >= 11 is 0. The minimum atomic E-state index is 0.597. The van der Waals surface area contributed by atoms with Gasteiger partial charge in [0.25, 0.3) is 0 Å². The number of imidazole rings is 1. The molecule has 0 saturated heterocycles. The van der Waals surface area contributed by atoms with E-state index in [4.69, 9.17) is 10.7 Å². The van der Waals surface area contributed by atoms with Gasteiger partial charge >= 0.3 is 0 Å². The highest BCUT2D eigenvalue weighted by Crippen LogP contribution is 2.46. The first-order chi connectivity index (χ1) is 9.79. The molecule has 2 aliphatic carbocycles. The van der Waals surface area contributed by atoms with Crippen LogP contribution in [0.5, 0.6) is 0 Å². The van der Waals surface area contributed by atoms with E-state index in [1.807, 2.05) is 0 Å². The third-order valence-corrected chi connectivity index (χ3v) is 4.48. The number of aryl methyl sites for hydroxylation is 1.